The molecule has 1 amide bonds. The quantitative estimate of drug-likeness (QED) is 0.644. The molecule has 2 aromatic rings. The molecule has 180 valence electrons. The number of hydrogen-bond acceptors (Lipinski definition) is 5. The third kappa shape index (κ3) is 5.19. The molecule has 2 heterocycles. The lowest BCUT2D eigenvalue weighted by molar-refractivity contribution is -0.0460. The molecule has 0 spiro atoms. The van der Waals surface area contributed by atoms with E-state index in [2.05, 4.69) is 27.0 Å². The third-order valence-electron chi connectivity index (χ3n) is 6.99. The van der Waals surface area contributed by atoms with Gasteiger partial charge in [0.15, 0.2) is 0 Å². The number of nitrogens with zero attached hydrogens (tertiary/aromatic N) is 3. The number of rotatable bonds is 4. The molecule has 1 aliphatic heterocycles. The summed E-state index contributed by atoms with van der Waals surface area (Å²) in [5.41, 5.74) is 1.53. The van der Waals surface area contributed by atoms with Gasteiger partial charge in [0.05, 0.1) is 11.3 Å². The lowest BCUT2D eigenvalue weighted by atomic mass is 9.77. The Labute approximate surface area is 201 Å². The number of nitrogens with one attached hydrogen (secondary N) is 1. The van der Waals surface area contributed by atoms with Gasteiger partial charge in [-0.1, -0.05) is 18.5 Å². The molecule has 0 saturated heterocycles. The van der Waals surface area contributed by atoms with E-state index >= 15 is 0 Å². The van der Waals surface area contributed by atoms with E-state index in [1.807, 2.05) is 46.1 Å². The maximum absolute atomic E-state index is 12.5. The lowest BCUT2D eigenvalue weighted by Crippen LogP contribution is -2.41. The number of benzene rings is 1. The van der Waals surface area contributed by atoms with E-state index in [-0.39, 0.29) is 11.6 Å². The van der Waals surface area contributed by atoms with E-state index in [4.69, 9.17) is 21.1 Å². The summed E-state index contributed by atoms with van der Waals surface area (Å²) in [7, 11) is 1.82. The number of carbonyl (C=O) groups is 1. The minimum absolute atomic E-state index is 0.0218. The Morgan fingerprint density at radius 1 is 1.24 bits per heavy atom. The molecule has 1 aliphatic carbocycles. The Morgan fingerprint density at radius 3 is 2.61 bits per heavy atom. The van der Waals surface area contributed by atoms with Crippen molar-refractivity contribution in [1.29, 1.82) is 0 Å². The molecule has 7 nitrogen and oxygen atoms in total. The van der Waals surface area contributed by atoms with Gasteiger partial charge in [-0.2, -0.15) is 0 Å². The van der Waals surface area contributed by atoms with Gasteiger partial charge in [-0.05, 0) is 83.1 Å². The number of halogens is 1. The summed E-state index contributed by atoms with van der Waals surface area (Å²) < 4.78 is 13.6. The Hall–Kier alpha value is -2.12. The van der Waals surface area contributed by atoms with E-state index in [9.17, 15) is 4.79 Å². The predicted octanol–water partition coefficient (Wildman–Crippen LogP) is 5.37. The van der Waals surface area contributed by atoms with Gasteiger partial charge in [0.1, 0.15) is 17.2 Å². The summed E-state index contributed by atoms with van der Waals surface area (Å²) >= 11 is 6.36. The molecule has 1 aromatic carbocycles. The minimum atomic E-state index is -0.555. The van der Waals surface area contributed by atoms with Gasteiger partial charge in [-0.15, -0.1) is 10.2 Å². The standard InChI is InChI=1S/C25H35ClN4O3/c1-6-25(32-5)11-9-16(10-12-25)22-29-28-21-15-19(27-23(31)33-24(2,3)4)14-17-13-18(26)7-8-20(17)30(21)22/h7-8,13,16,19H,6,9-12,14-15H2,1-5H3,(H,27,31). The maximum Gasteiger partial charge on any atom is 0.407 e. The second kappa shape index (κ2) is 9.26. The van der Waals surface area contributed by atoms with Crippen molar-refractivity contribution >= 4 is 17.7 Å². The largest absolute Gasteiger partial charge is 0.444 e. The third-order valence-corrected chi connectivity index (χ3v) is 7.23. The van der Waals surface area contributed by atoms with Gasteiger partial charge in [-0.25, -0.2) is 4.79 Å². The van der Waals surface area contributed by atoms with Crippen molar-refractivity contribution in [2.24, 2.45) is 0 Å². The summed E-state index contributed by atoms with van der Waals surface area (Å²) in [6, 6.07) is 5.76. The van der Waals surface area contributed by atoms with Crippen molar-refractivity contribution in [2.75, 3.05) is 7.11 Å². The van der Waals surface area contributed by atoms with Crippen LogP contribution in [0.25, 0.3) is 5.69 Å². The molecule has 8 heteroatoms. The summed E-state index contributed by atoms with van der Waals surface area (Å²) in [4.78, 5) is 12.5. The van der Waals surface area contributed by atoms with Crippen LogP contribution in [0.5, 0.6) is 0 Å². The average Bonchev–Trinajstić information content (AvgIpc) is 3.09. The van der Waals surface area contributed by atoms with Crippen molar-refractivity contribution in [2.45, 2.75) is 95.8 Å². The van der Waals surface area contributed by atoms with Crippen LogP contribution in [0.4, 0.5) is 4.79 Å². The van der Waals surface area contributed by atoms with Crippen molar-refractivity contribution in [3.05, 3.63) is 40.4 Å². The molecule has 0 radical (unpaired) electrons. The van der Waals surface area contributed by atoms with Gasteiger partial charge in [-0.3, -0.25) is 4.57 Å². The monoisotopic (exact) mass is 474 g/mol. The molecule has 2 aliphatic rings. The summed E-state index contributed by atoms with van der Waals surface area (Å²) in [6.07, 6.45) is 5.88. The van der Waals surface area contributed by atoms with Crippen molar-refractivity contribution < 1.29 is 14.3 Å². The van der Waals surface area contributed by atoms with Crippen LogP contribution in [0.15, 0.2) is 18.2 Å². The molecule has 1 unspecified atom stereocenters. The SMILES string of the molecule is CCC1(OC)CCC(c2nnc3n2-c2ccc(Cl)cc2CC(NC(=O)OC(C)(C)C)C3)CC1. The molecular formula is C25H35ClN4O3. The molecular weight excluding hydrogens is 440 g/mol. The maximum atomic E-state index is 12.5. The highest BCUT2D eigenvalue weighted by atomic mass is 35.5. The van der Waals surface area contributed by atoms with E-state index < -0.39 is 11.7 Å². The van der Waals surface area contributed by atoms with Crippen LogP contribution >= 0.6 is 11.6 Å². The van der Waals surface area contributed by atoms with Crippen LogP contribution in [0, 0.1) is 0 Å². The highest BCUT2D eigenvalue weighted by Crippen LogP contribution is 2.42. The zero-order valence-electron chi connectivity index (χ0n) is 20.3. The summed E-state index contributed by atoms with van der Waals surface area (Å²) in [5, 5.41) is 12.9. The number of fused-ring (bicyclic) bond motifs is 3. The second-order valence-corrected chi connectivity index (χ2v) is 10.8. The van der Waals surface area contributed by atoms with Crippen LogP contribution < -0.4 is 5.32 Å². The Morgan fingerprint density at radius 2 is 1.97 bits per heavy atom. The van der Waals surface area contributed by atoms with Crippen LogP contribution in [-0.2, 0) is 22.3 Å². The summed E-state index contributed by atoms with van der Waals surface area (Å²) in [5.74, 6) is 2.17. The number of ether oxygens (including phenoxy) is 2. The number of methoxy groups -OCH3 is 1. The van der Waals surface area contributed by atoms with Crippen molar-refractivity contribution in [3.63, 3.8) is 0 Å². The summed E-state index contributed by atoms with van der Waals surface area (Å²) in [6.45, 7) is 7.78. The second-order valence-electron chi connectivity index (χ2n) is 10.3. The van der Waals surface area contributed by atoms with Crippen LogP contribution in [0.3, 0.4) is 0 Å². The van der Waals surface area contributed by atoms with E-state index in [0.29, 0.717) is 23.8 Å². The Balaban J connectivity index is 1.64. The number of carbonyl (C=O) groups excluding carboxylic acids is 1. The van der Waals surface area contributed by atoms with Crippen molar-refractivity contribution in [1.82, 2.24) is 20.1 Å². The zero-order chi connectivity index (χ0) is 23.8. The van der Waals surface area contributed by atoms with Gasteiger partial charge in [0.2, 0.25) is 0 Å². The van der Waals surface area contributed by atoms with Gasteiger partial charge >= 0.3 is 6.09 Å². The van der Waals surface area contributed by atoms with E-state index in [0.717, 1.165) is 55.0 Å². The number of amides is 1. The molecule has 1 N–H and O–H groups in total. The van der Waals surface area contributed by atoms with Gasteiger partial charge in [0, 0.05) is 30.5 Å². The average molecular weight is 475 g/mol. The Kier molecular flexibility index (Phi) is 6.74. The fraction of sp³-hybridized carbons (Fsp3) is 0.640. The minimum Gasteiger partial charge on any atom is -0.444 e. The first kappa shape index (κ1) is 24.0. The first-order valence-electron chi connectivity index (χ1n) is 11.9. The highest BCUT2D eigenvalue weighted by molar-refractivity contribution is 6.30. The normalized spacial score (nSPS) is 25.0. The molecule has 33 heavy (non-hydrogen) atoms. The first-order valence-corrected chi connectivity index (χ1v) is 12.3. The first-order chi connectivity index (χ1) is 15.6. The Bertz CT molecular complexity index is 1000. The molecule has 0 bridgehead atoms. The van der Waals surface area contributed by atoms with E-state index in [1.54, 1.807) is 0 Å². The molecule has 4 rings (SSSR count). The van der Waals surface area contributed by atoms with Crippen molar-refractivity contribution in [3.8, 4) is 5.69 Å². The molecule has 1 saturated carbocycles. The van der Waals surface area contributed by atoms with Crippen LogP contribution in [-0.4, -0.2) is 45.2 Å². The van der Waals surface area contributed by atoms with Gasteiger partial charge in [0.25, 0.3) is 0 Å². The number of aromatic nitrogens is 3. The number of alkyl carbamates (subject to hydrolysis) is 1. The fourth-order valence-electron chi connectivity index (χ4n) is 5.16. The zero-order valence-corrected chi connectivity index (χ0v) is 21.0. The van der Waals surface area contributed by atoms with Gasteiger partial charge < -0.3 is 14.8 Å². The van der Waals surface area contributed by atoms with Crippen LogP contribution in [0.2, 0.25) is 5.02 Å². The lowest BCUT2D eigenvalue weighted by Gasteiger charge is -2.38. The molecule has 1 atom stereocenters. The molecule has 1 fully saturated rings. The highest BCUT2D eigenvalue weighted by Gasteiger charge is 2.37. The predicted molar refractivity (Wildman–Crippen MR) is 128 cm³/mol. The fourth-order valence-corrected chi connectivity index (χ4v) is 5.36. The number of hydrogen-bond donors (Lipinski definition) is 1. The molecule has 1 aromatic heterocycles. The van der Waals surface area contributed by atoms with Crippen LogP contribution in [0.1, 0.15) is 82.9 Å². The topological polar surface area (TPSA) is 78.3 Å². The van der Waals surface area contributed by atoms with E-state index in [1.165, 1.54) is 0 Å². The smallest absolute Gasteiger partial charge is 0.407 e.